The first-order valence-electron chi connectivity index (χ1n) is 6.01. The average molecular weight is 270 g/mol. The van der Waals surface area contributed by atoms with Crippen LogP contribution in [0.5, 0.6) is 11.5 Å². The maximum absolute atomic E-state index is 10.7. The Morgan fingerprint density at radius 3 is 2.20 bits per heavy atom. The van der Waals surface area contributed by atoms with Crippen LogP contribution in [0.3, 0.4) is 0 Å². The fraction of sp³-hybridized carbons (Fsp3) is 0.0625. The Kier molecular flexibility index (Phi) is 4.39. The first-order chi connectivity index (χ1) is 9.69. The lowest BCUT2D eigenvalue weighted by molar-refractivity contribution is 0.0697. The molecule has 0 amide bonds. The van der Waals surface area contributed by atoms with Crippen LogP contribution in [0, 0.1) is 0 Å². The van der Waals surface area contributed by atoms with Gasteiger partial charge in [0.05, 0.1) is 11.8 Å². The van der Waals surface area contributed by atoms with Gasteiger partial charge in [0, 0.05) is 0 Å². The number of carboxylic acids is 1. The Morgan fingerprint density at radius 1 is 1.05 bits per heavy atom. The molecule has 0 fully saturated rings. The molecule has 0 radical (unpaired) electrons. The zero-order valence-corrected chi connectivity index (χ0v) is 10.8. The SMILES string of the molecule is C=COc1ccc(COc2ccc(C(=O)O)cc2)cc1. The fourth-order valence-corrected chi connectivity index (χ4v) is 1.62. The topological polar surface area (TPSA) is 55.8 Å². The third-order valence-corrected chi connectivity index (χ3v) is 2.65. The predicted molar refractivity (Wildman–Crippen MR) is 75.0 cm³/mol. The summed E-state index contributed by atoms with van der Waals surface area (Å²) in [5, 5.41) is 8.79. The maximum Gasteiger partial charge on any atom is 0.335 e. The summed E-state index contributed by atoms with van der Waals surface area (Å²) in [6.07, 6.45) is 1.37. The highest BCUT2D eigenvalue weighted by atomic mass is 16.5. The molecule has 0 saturated carbocycles. The smallest absolute Gasteiger partial charge is 0.335 e. The van der Waals surface area contributed by atoms with E-state index in [1.54, 1.807) is 12.1 Å². The molecule has 4 nitrogen and oxygen atoms in total. The van der Waals surface area contributed by atoms with Gasteiger partial charge in [0.2, 0.25) is 0 Å². The van der Waals surface area contributed by atoms with Crippen molar-refractivity contribution in [2.24, 2.45) is 0 Å². The van der Waals surface area contributed by atoms with Crippen LogP contribution in [0.1, 0.15) is 15.9 Å². The van der Waals surface area contributed by atoms with Crippen molar-refractivity contribution < 1.29 is 19.4 Å². The van der Waals surface area contributed by atoms with E-state index in [0.717, 1.165) is 11.3 Å². The first kappa shape index (κ1) is 13.7. The number of hydrogen-bond donors (Lipinski definition) is 1. The van der Waals surface area contributed by atoms with Crippen LogP contribution in [0.4, 0.5) is 0 Å². The highest BCUT2D eigenvalue weighted by Gasteiger charge is 2.02. The third-order valence-electron chi connectivity index (χ3n) is 2.65. The van der Waals surface area contributed by atoms with Crippen LogP contribution in [-0.4, -0.2) is 11.1 Å². The van der Waals surface area contributed by atoms with Gasteiger partial charge >= 0.3 is 5.97 Å². The summed E-state index contributed by atoms with van der Waals surface area (Å²) in [7, 11) is 0. The lowest BCUT2D eigenvalue weighted by Crippen LogP contribution is -1.98. The standard InChI is InChI=1S/C16H14O4/c1-2-19-14-7-3-12(4-8-14)11-20-15-9-5-13(6-10-15)16(17)18/h2-10H,1,11H2,(H,17,18). The quantitative estimate of drug-likeness (QED) is 0.816. The van der Waals surface area contributed by atoms with E-state index in [0.29, 0.717) is 12.4 Å². The Balaban J connectivity index is 1.94. The van der Waals surface area contributed by atoms with E-state index in [1.165, 1.54) is 18.4 Å². The van der Waals surface area contributed by atoms with Gasteiger partial charge in [-0.3, -0.25) is 0 Å². The molecule has 0 heterocycles. The van der Waals surface area contributed by atoms with E-state index < -0.39 is 5.97 Å². The van der Waals surface area contributed by atoms with Crippen LogP contribution in [0.15, 0.2) is 61.4 Å². The van der Waals surface area contributed by atoms with Gasteiger partial charge in [-0.1, -0.05) is 18.7 Å². The molecule has 0 aromatic heterocycles. The van der Waals surface area contributed by atoms with Crippen molar-refractivity contribution in [1.29, 1.82) is 0 Å². The summed E-state index contributed by atoms with van der Waals surface area (Å²) in [6, 6.07) is 13.7. The van der Waals surface area contributed by atoms with E-state index in [-0.39, 0.29) is 5.56 Å². The monoisotopic (exact) mass is 270 g/mol. The number of carbonyl (C=O) groups is 1. The maximum atomic E-state index is 10.7. The number of rotatable bonds is 6. The molecule has 0 bridgehead atoms. The fourth-order valence-electron chi connectivity index (χ4n) is 1.62. The lowest BCUT2D eigenvalue weighted by Gasteiger charge is -2.07. The molecule has 0 aliphatic carbocycles. The van der Waals surface area contributed by atoms with E-state index >= 15 is 0 Å². The summed E-state index contributed by atoms with van der Waals surface area (Å²) >= 11 is 0. The van der Waals surface area contributed by atoms with Crippen molar-refractivity contribution >= 4 is 5.97 Å². The van der Waals surface area contributed by atoms with Crippen molar-refractivity contribution in [2.45, 2.75) is 6.61 Å². The molecule has 102 valence electrons. The molecule has 0 atom stereocenters. The minimum absolute atomic E-state index is 0.239. The molecule has 0 saturated heterocycles. The average Bonchev–Trinajstić information content (AvgIpc) is 2.47. The second-order valence-corrected chi connectivity index (χ2v) is 4.05. The van der Waals surface area contributed by atoms with Crippen molar-refractivity contribution in [2.75, 3.05) is 0 Å². The Hall–Kier alpha value is -2.75. The molecule has 2 rings (SSSR count). The zero-order valence-electron chi connectivity index (χ0n) is 10.8. The minimum atomic E-state index is -0.950. The van der Waals surface area contributed by atoms with E-state index in [1.807, 2.05) is 24.3 Å². The molecule has 0 unspecified atom stereocenters. The van der Waals surface area contributed by atoms with Gasteiger partial charge < -0.3 is 14.6 Å². The summed E-state index contributed by atoms with van der Waals surface area (Å²) in [6.45, 7) is 3.89. The van der Waals surface area contributed by atoms with E-state index in [2.05, 4.69) is 6.58 Å². The number of aromatic carboxylic acids is 1. The van der Waals surface area contributed by atoms with E-state index in [9.17, 15) is 4.79 Å². The summed E-state index contributed by atoms with van der Waals surface area (Å²) in [5.74, 6) is 0.394. The molecule has 0 aliphatic heterocycles. The van der Waals surface area contributed by atoms with Gasteiger partial charge in [0.1, 0.15) is 18.1 Å². The molecule has 2 aromatic carbocycles. The molecule has 4 heteroatoms. The molecule has 0 spiro atoms. The largest absolute Gasteiger partial charge is 0.489 e. The summed E-state index contributed by atoms with van der Waals surface area (Å²) in [4.78, 5) is 10.7. The first-order valence-corrected chi connectivity index (χ1v) is 6.01. The lowest BCUT2D eigenvalue weighted by atomic mass is 10.2. The van der Waals surface area contributed by atoms with Gasteiger partial charge in [-0.05, 0) is 42.0 Å². The van der Waals surface area contributed by atoms with Crippen LogP contribution < -0.4 is 9.47 Å². The van der Waals surface area contributed by atoms with Gasteiger partial charge in [0.15, 0.2) is 0 Å². The van der Waals surface area contributed by atoms with Gasteiger partial charge in [-0.2, -0.15) is 0 Å². The number of hydrogen-bond acceptors (Lipinski definition) is 3. The highest BCUT2D eigenvalue weighted by Crippen LogP contribution is 2.16. The predicted octanol–water partition coefficient (Wildman–Crippen LogP) is 3.49. The minimum Gasteiger partial charge on any atom is -0.489 e. The molecular weight excluding hydrogens is 256 g/mol. The summed E-state index contributed by atoms with van der Waals surface area (Å²) < 4.78 is 10.7. The van der Waals surface area contributed by atoms with Gasteiger partial charge in [0.25, 0.3) is 0 Å². The van der Waals surface area contributed by atoms with Crippen LogP contribution >= 0.6 is 0 Å². The third kappa shape index (κ3) is 3.62. The zero-order chi connectivity index (χ0) is 14.4. The molecular formula is C16H14O4. The summed E-state index contributed by atoms with van der Waals surface area (Å²) in [5.41, 5.74) is 1.23. The Morgan fingerprint density at radius 2 is 1.65 bits per heavy atom. The van der Waals surface area contributed by atoms with Gasteiger partial charge in [-0.15, -0.1) is 0 Å². The van der Waals surface area contributed by atoms with Crippen LogP contribution in [0.25, 0.3) is 0 Å². The van der Waals surface area contributed by atoms with Crippen molar-refractivity contribution in [3.05, 3.63) is 72.5 Å². The molecule has 1 N–H and O–H groups in total. The number of benzene rings is 2. The number of carboxylic acid groups (broad SMARTS) is 1. The highest BCUT2D eigenvalue weighted by molar-refractivity contribution is 5.87. The Labute approximate surface area is 116 Å². The van der Waals surface area contributed by atoms with Crippen LogP contribution in [0.2, 0.25) is 0 Å². The second-order valence-electron chi connectivity index (χ2n) is 4.05. The Bertz CT molecular complexity index is 585. The number of ether oxygens (including phenoxy) is 2. The molecule has 20 heavy (non-hydrogen) atoms. The molecule has 0 aliphatic rings. The van der Waals surface area contributed by atoms with Crippen LogP contribution in [-0.2, 0) is 6.61 Å². The van der Waals surface area contributed by atoms with Gasteiger partial charge in [-0.25, -0.2) is 4.79 Å². The normalized spacial score (nSPS) is 9.80. The van der Waals surface area contributed by atoms with E-state index in [4.69, 9.17) is 14.6 Å². The molecule has 2 aromatic rings. The van der Waals surface area contributed by atoms with Crippen molar-refractivity contribution in [1.82, 2.24) is 0 Å². The van der Waals surface area contributed by atoms with Crippen molar-refractivity contribution in [3.63, 3.8) is 0 Å². The van der Waals surface area contributed by atoms with Crippen molar-refractivity contribution in [3.8, 4) is 11.5 Å². The second kappa shape index (κ2) is 6.43.